The van der Waals surface area contributed by atoms with Crippen LogP contribution in [0.3, 0.4) is 0 Å². The second-order valence-corrected chi connectivity index (χ2v) is 3.30. The summed E-state index contributed by atoms with van der Waals surface area (Å²) in [5.41, 5.74) is -0.921. The van der Waals surface area contributed by atoms with Gasteiger partial charge in [0.2, 0.25) is 5.78 Å². The van der Waals surface area contributed by atoms with Crippen molar-refractivity contribution in [2.24, 2.45) is 5.92 Å². The molecule has 4 nitrogen and oxygen atoms in total. The molecular formula is C9H4F6N2O2. The summed E-state index contributed by atoms with van der Waals surface area (Å²) in [6.45, 7) is 0. The van der Waals surface area contributed by atoms with Crippen molar-refractivity contribution in [2.45, 2.75) is 12.4 Å². The zero-order chi connectivity index (χ0) is 14.8. The van der Waals surface area contributed by atoms with E-state index in [-0.39, 0.29) is 0 Å². The molecule has 104 valence electrons. The Hall–Kier alpha value is -2.00. The Morgan fingerprint density at radius 2 is 1.68 bits per heavy atom. The summed E-state index contributed by atoms with van der Waals surface area (Å²) in [4.78, 5) is 28.5. The first-order chi connectivity index (χ1) is 8.55. The SMILES string of the molecule is O=C(c1ccncn1)C(C(=O)C(F)(F)F)C(F)(F)F. The van der Waals surface area contributed by atoms with E-state index in [4.69, 9.17) is 0 Å². The van der Waals surface area contributed by atoms with Crippen LogP contribution in [0.1, 0.15) is 10.5 Å². The average molecular weight is 286 g/mol. The van der Waals surface area contributed by atoms with Gasteiger partial charge in [0.1, 0.15) is 12.0 Å². The maximum atomic E-state index is 12.5. The number of carbonyl (C=O) groups is 2. The molecule has 0 bridgehead atoms. The van der Waals surface area contributed by atoms with Gasteiger partial charge in [-0.15, -0.1) is 0 Å². The van der Waals surface area contributed by atoms with Crippen LogP contribution in [0.25, 0.3) is 0 Å². The molecule has 0 fully saturated rings. The van der Waals surface area contributed by atoms with E-state index in [2.05, 4.69) is 9.97 Å². The van der Waals surface area contributed by atoms with Crippen molar-refractivity contribution >= 4 is 11.6 Å². The van der Waals surface area contributed by atoms with Crippen LogP contribution in [-0.2, 0) is 4.79 Å². The molecule has 0 aliphatic carbocycles. The summed E-state index contributed by atoms with van der Waals surface area (Å²) in [6.07, 6.45) is -9.89. The average Bonchev–Trinajstić information content (AvgIpc) is 2.27. The molecule has 0 spiro atoms. The molecule has 0 aromatic carbocycles. The first kappa shape index (κ1) is 15.1. The first-order valence-electron chi connectivity index (χ1n) is 4.53. The van der Waals surface area contributed by atoms with Crippen molar-refractivity contribution in [1.29, 1.82) is 0 Å². The van der Waals surface area contributed by atoms with Gasteiger partial charge in [0.15, 0.2) is 5.92 Å². The van der Waals surface area contributed by atoms with Crippen LogP contribution < -0.4 is 0 Å². The van der Waals surface area contributed by atoms with E-state index in [1.165, 1.54) is 0 Å². The van der Waals surface area contributed by atoms with Crippen molar-refractivity contribution in [3.63, 3.8) is 0 Å². The molecule has 10 heteroatoms. The van der Waals surface area contributed by atoms with Crippen LogP contribution >= 0.6 is 0 Å². The van der Waals surface area contributed by atoms with Gasteiger partial charge >= 0.3 is 12.4 Å². The minimum atomic E-state index is -5.77. The summed E-state index contributed by atoms with van der Waals surface area (Å²) in [5.74, 6) is -9.07. The molecule has 0 radical (unpaired) electrons. The minimum Gasteiger partial charge on any atom is -0.291 e. The van der Waals surface area contributed by atoms with Crippen LogP contribution in [0.15, 0.2) is 18.6 Å². The van der Waals surface area contributed by atoms with E-state index in [0.29, 0.717) is 12.4 Å². The standard InChI is InChI=1S/C9H4F6N2O2/c10-8(11,12)5(7(19)9(13,14)15)6(18)4-1-2-16-3-17-4/h1-3,5H. The predicted molar refractivity (Wildman–Crippen MR) is 47.0 cm³/mol. The number of halogens is 6. The van der Waals surface area contributed by atoms with Crippen molar-refractivity contribution < 1.29 is 35.9 Å². The van der Waals surface area contributed by atoms with Crippen LogP contribution in [-0.4, -0.2) is 33.9 Å². The highest BCUT2D eigenvalue weighted by Crippen LogP contribution is 2.34. The Balaban J connectivity index is 3.21. The largest absolute Gasteiger partial charge is 0.451 e. The molecule has 0 N–H and O–H groups in total. The highest BCUT2D eigenvalue weighted by atomic mass is 19.4. The Morgan fingerprint density at radius 3 is 2.05 bits per heavy atom. The van der Waals surface area contributed by atoms with Gasteiger partial charge in [0.05, 0.1) is 0 Å². The van der Waals surface area contributed by atoms with Crippen LogP contribution in [0.5, 0.6) is 0 Å². The number of nitrogens with zero attached hydrogens (tertiary/aromatic N) is 2. The fourth-order valence-electron chi connectivity index (χ4n) is 1.16. The lowest BCUT2D eigenvalue weighted by Crippen LogP contribution is -2.44. The fourth-order valence-corrected chi connectivity index (χ4v) is 1.16. The van der Waals surface area contributed by atoms with E-state index < -0.39 is 35.5 Å². The van der Waals surface area contributed by atoms with Crippen LogP contribution in [0.4, 0.5) is 26.3 Å². The highest BCUT2D eigenvalue weighted by molar-refractivity contribution is 6.12. The molecule has 1 heterocycles. The van der Waals surface area contributed by atoms with Gasteiger partial charge in [0, 0.05) is 6.20 Å². The smallest absolute Gasteiger partial charge is 0.291 e. The number of hydrogen-bond acceptors (Lipinski definition) is 4. The third-order valence-electron chi connectivity index (χ3n) is 1.97. The Labute approximate surface area is 101 Å². The van der Waals surface area contributed by atoms with E-state index in [1.807, 2.05) is 0 Å². The van der Waals surface area contributed by atoms with Crippen molar-refractivity contribution in [1.82, 2.24) is 9.97 Å². The third kappa shape index (κ3) is 3.48. The molecule has 0 saturated carbocycles. The van der Waals surface area contributed by atoms with Gasteiger partial charge < -0.3 is 0 Å². The summed E-state index contributed by atoms with van der Waals surface area (Å²) in [6, 6.07) is 0.685. The molecule has 0 amide bonds. The molecule has 1 atom stereocenters. The monoisotopic (exact) mass is 286 g/mol. The van der Waals surface area contributed by atoms with Crippen LogP contribution in [0, 0.1) is 5.92 Å². The zero-order valence-electron chi connectivity index (χ0n) is 8.79. The molecule has 0 aliphatic heterocycles. The van der Waals surface area contributed by atoms with Gasteiger partial charge in [0.25, 0.3) is 5.78 Å². The van der Waals surface area contributed by atoms with Gasteiger partial charge in [-0.05, 0) is 6.07 Å². The number of aromatic nitrogens is 2. The van der Waals surface area contributed by atoms with E-state index in [9.17, 15) is 35.9 Å². The highest BCUT2D eigenvalue weighted by Gasteiger charge is 2.58. The summed E-state index contributed by atoms with van der Waals surface area (Å²) < 4.78 is 73.6. The minimum absolute atomic E-state index is 0.679. The van der Waals surface area contributed by atoms with Crippen LogP contribution in [0.2, 0.25) is 0 Å². The first-order valence-corrected chi connectivity index (χ1v) is 4.53. The predicted octanol–water partition coefficient (Wildman–Crippen LogP) is 1.97. The molecule has 0 aliphatic rings. The molecule has 1 aromatic rings. The number of hydrogen-bond donors (Lipinski definition) is 0. The quantitative estimate of drug-likeness (QED) is 0.484. The summed E-state index contributed by atoms with van der Waals surface area (Å²) in [5, 5.41) is 0. The normalized spacial score (nSPS) is 14.0. The third-order valence-corrected chi connectivity index (χ3v) is 1.97. The topological polar surface area (TPSA) is 59.9 Å². The zero-order valence-corrected chi connectivity index (χ0v) is 8.79. The summed E-state index contributed by atoms with van der Waals surface area (Å²) in [7, 11) is 0. The van der Waals surface area contributed by atoms with E-state index in [1.54, 1.807) is 0 Å². The van der Waals surface area contributed by atoms with Gasteiger partial charge in [-0.2, -0.15) is 26.3 Å². The molecule has 1 rings (SSSR count). The van der Waals surface area contributed by atoms with E-state index >= 15 is 0 Å². The number of ketones is 2. The van der Waals surface area contributed by atoms with Gasteiger partial charge in [-0.1, -0.05) is 0 Å². The second kappa shape index (κ2) is 4.94. The Kier molecular flexibility index (Phi) is 3.91. The molecule has 19 heavy (non-hydrogen) atoms. The number of rotatable bonds is 3. The number of alkyl halides is 6. The fraction of sp³-hybridized carbons (Fsp3) is 0.333. The summed E-state index contributed by atoms with van der Waals surface area (Å²) >= 11 is 0. The van der Waals surface area contributed by atoms with Gasteiger partial charge in [-0.25, -0.2) is 9.97 Å². The Bertz CT molecular complexity index is 482. The van der Waals surface area contributed by atoms with Crippen molar-refractivity contribution in [3.05, 3.63) is 24.3 Å². The maximum Gasteiger partial charge on any atom is 0.451 e. The molecule has 1 aromatic heterocycles. The second-order valence-electron chi connectivity index (χ2n) is 3.30. The Morgan fingerprint density at radius 1 is 1.11 bits per heavy atom. The lowest BCUT2D eigenvalue weighted by molar-refractivity contribution is -0.203. The number of carbonyl (C=O) groups excluding carboxylic acids is 2. The number of Topliss-reactive ketones (excluding diaryl/α,β-unsaturated/α-hetero) is 2. The molecule has 0 saturated heterocycles. The lowest BCUT2D eigenvalue weighted by atomic mass is 9.95. The molecular weight excluding hydrogens is 282 g/mol. The van der Waals surface area contributed by atoms with Gasteiger partial charge in [-0.3, -0.25) is 9.59 Å². The van der Waals surface area contributed by atoms with Crippen molar-refractivity contribution in [3.8, 4) is 0 Å². The molecule has 1 unspecified atom stereocenters. The maximum absolute atomic E-state index is 12.5. The van der Waals surface area contributed by atoms with E-state index in [0.717, 1.165) is 6.20 Å². The van der Waals surface area contributed by atoms with Crippen molar-refractivity contribution in [2.75, 3.05) is 0 Å². The lowest BCUT2D eigenvalue weighted by Gasteiger charge is -2.18.